The van der Waals surface area contributed by atoms with E-state index in [4.69, 9.17) is 0 Å². The summed E-state index contributed by atoms with van der Waals surface area (Å²) in [6.45, 7) is 9.21. The maximum atomic E-state index is 13.6. The van der Waals surface area contributed by atoms with Crippen molar-refractivity contribution in [2.24, 2.45) is 0 Å². The Balaban J connectivity index is 2.45. The second kappa shape index (κ2) is 11.4. The molecule has 0 aliphatic carbocycles. The molecule has 0 aliphatic rings. The Bertz CT molecular complexity index is 1110. The van der Waals surface area contributed by atoms with Crippen LogP contribution in [-0.4, -0.2) is 49.5 Å². The van der Waals surface area contributed by atoms with Crippen molar-refractivity contribution in [3.8, 4) is 0 Å². The molecule has 1 atom stereocenters. The van der Waals surface area contributed by atoms with E-state index in [2.05, 4.69) is 21.2 Å². The zero-order chi connectivity index (χ0) is 25.7. The molecule has 0 heterocycles. The highest BCUT2D eigenvalue weighted by Crippen LogP contribution is 2.23. The molecule has 0 saturated heterocycles. The van der Waals surface area contributed by atoms with Gasteiger partial charge in [-0.05, 0) is 57.9 Å². The molecule has 2 amide bonds. The number of hydrogen-bond acceptors (Lipinski definition) is 4. The van der Waals surface area contributed by atoms with Crippen molar-refractivity contribution < 1.29 is 18.0 Å². The van der Waals surface area contributed by atoms with Crippen LogP contribution in [-0.2, 0) is 26.2 Å². The van der Waals surface area contributed by atoms with E-state index in [1.54, 1.807) is 24.3 Å². The van der Waals surface area contributed by atoms with E-state index in [1.807, 2.05) is 58.9 Å². The van der Waals surface area contributed by atoms with Gasteiger partial charge in [0.2, 0.25) is 21.8 Å². The summed E-state index contributed by atoms with van der Waals surface area (Å²) in [6, 6.07) is 13.7. The number of sulfonamides is 1. The summed E-state index contributed by atoms with van der Waals surface area (Å²) in [5, 5.41) is 2.95. The van der Waals surface area contributed by atoms with Gasteiger partial charge in [0.25, 0.3) is 0 Å². The fourth-order valence-corrected chi connectivity index (χ4v) is 4.74. The highest BCUT2D eigenvalue weighted by Gasteiger charge is 2.33. The van der Waals surface area contributed by atoms with Crippen LogP contribution in [0.4, 0.5) is 5.69 Å². The van der Waals surface area contributed by atoms with E-state index in [1.165, 1.54) is 4.90 Å². The molecule has 0 radical (unpaired) electrons. The molecule has 2 aromatic rings. The van der Waals surface area contributed by atoms with Crippen LogP contribution in [0.3, 0.4) is 0 Å². The van der Waals surface area contributed by atoms with Crippen LogP contribution in [0.25, 0.3) is 0 Å². The van der Waals surface area contributed by atoms with Crippen molar-refractivity contribution in [2.75, 3.05) is 17.1 Å². The molecule has 1 N–H and O–H groups in total. The summed E-state index contributed by atoms with van der Waals surface area (Å²) in [5.74, 6) is -0.731. The smallest absolute Gasteiger partial charge is 0.244 e. The third-order valence-corrected chi connectivity index (χ3v) is 6.77. The molecule has 0 saturated carbocycles. The molecule has 0 bridgehead atoms. The number of hydrogen-bond donors (Lipinski definition) is 1. The molecule has 0 fully saturated rings. The fraction of sp³-hybridized carbons (Fsp3) is 0.440. The number of rotatable bonds is 9. The van der Waals surface area contributed by atoms with Gasteiger partial charge in [0.1, 0.15) is 12.6 Å². The summed E-state index contributed by atoms with van der Waals surface area (Å²) in [7, 11) is -3.76. The predicted octanol–water partition coefficient (Wildman–Crippen LogP) is 4.25. The number of anilines is 1. The van der Waals surface area contributed by atoms with Crippen LogP contribution in [0.15, 0.2) is 53.0 Å². The third-order valence-electron chi connectivity index (χ3n) is 5.13. The first-order valence-corrected chi connectivity index (χ1v) is 13.8. The second-order valence-electron chi connectivity index (χ2n) is 9.42. The van der Waals surface area contributed by atoms with E-state index in [-0.39, 0.29) is 12.5 Å². The van der Waals surface area contributed by atoms with Crippen molar-refractivity contribution in [3.63, 3.8) is 0 Å². The van der Waals surface area contributed by atoms with E-state index in [0.29, 0.717) is 16.6 Å². The van der Waals surface area contributed by atoms with Crippen LogP contribution >= 0.6 is 15.9 Å². The molecule has 9 heteroatoms. The Hall–Kier alpha value is -2.39. The molecule has 34 heavy (non-hydrogen) atoms. The first kappa shape index (κ1) is 27.9. The van der Waals surface area contributed by atoms with Gasteiger partial charge in [0.15, 0.2) is 0 Å². The van der Waals surface area contributed by atoms with Gasteiger partial charge in [-0.3, -0.25) is 13.9 Å². The second-order valence-corrected chi connectivity index (χ2v) is 12.2. The number of aryl methyl sites for hydroxylation is 1. The standard InChI is InChI=1S/C25H34BrN3O4S/c1-7-22(24(31)27-25(3,4)5)28(16-19-13-11-18(2)12-14-19)23(30)17-29(34(6,32)33)21-10-8-9-20(26)15-21/h8-15,22H,7,16-17H2,1-6H3,(H,27,31)/t22-/m1/s1. The Morgan fingerprint density at radius 1 is 1.09 bits per heavy atom. The molecule has 2 aromatic carbocycles. The van der Waals surface area contributed by atoms with Crippen molar-refractivity contribution in [2.45, 2.75) is 59.2 Å². The van der Waals surface area contributed by atoms with Crippen molar-refractivity contribution >= 4 is 43.5 Å². The zero-order valence-corrected chi connectivity index (χ0v) is 23.0. The fourth-order valence-electron chi connectivity index (χ4n) is 3.51. The van der Waals surface area contributed by atoms with Gasteiger partial charge < -0.3 is 10.2 Å². The monoisotopic (exact) mass is 551 g/mol. The molecule has 0 spiro atoms. The van der Waals surface area contributed by atoms with E-state index < -0.39 is 34.1 Å². The Morgan fingerprint density at radius 3 is 2.21 bits per heavy atom. The van der Waals surface area contributed by atoms with Crippen LogP contribution < -0.4 is 9.62 Å². The normalized spacial score (nSPS) is 12.7. The molecule has 186 valence electrons. The van der Waals surface area contributed by atoms with E-state index in [9.17, 15) is 18.0 Å². The number of carbonyl (C=O) groups excluding carboxylic acids is 2. The van der Waals surface area contributed by atoms with Gasteiger partial charge in [-0.2, -0.15) is 0 Å². The molecule has 7 nitrogen and oxygen atoms in total. The number of halogens is 1. The molecular weight excluding hydrogens is 518 g/mol. The lowest BCUT2D eigenvalue weighted by molar-refractivity contribution is -0.141. The number of carbonyl (C=O) groups is 2. The first-order valence-electron chi connectivity index (χ1n) is 11.1. The minimum atomic E-state index is -3.76. The zero-order valence-electron chi connectivity index (χ0n) is 20.6. The maximum Gasteiger partial charge on any atom is 0.244 e. The molecule has 0 aliphatic heterocycles. The summed E-state index contributed by atoms with van der Waals surface area (Å²) in [5.41, 5.74) is 1.83. The minimum absolute atomic E-state index is 0.186. The van der Waals surface area contributed by atoms with Gasteiger partial charge in [0, 0.05) is 16.6 Å². The molecule has 2 rings (SSSR count). The van der Waals surface area contributed by atoms with Crippen molar-refractivity contribution in [1.82, 2.24) is 10.2 Å². The SMILES string of the molecule is CC[C@H](C(=O)NC(C)(C)C)N(Cc1ccc(C)cc1)C(=O)CN(c1cccc(Br)c1)S(C)(=O)=O. The number of nitrogens with one attached hydrogen (secondary N) is 1. The molecule has 0 aromatic heterocycles. The number of nitrogens with zero attached hydrogens (tertiary/aromatic N) is 2. The van der Waals surface area contributed by atoms with Gasteiger partial charge >= 0.3 is 0 Å². The maximum absolute atomic E-state index is 13.6. The Kier molecular flexibility index (Phi) is 9.30. The lowest BCUT2D eigenvalue weighted by Crippen LogP contribution is -2.55. The quantitative estimate of drug-likeness (QED) is 0.504. The topological polar surface area (TPSA) is 86.8 Å². The van der Waals surface area contributed by atoms with E-state index >= 15 is 0 Å². The van der Waals surface area contributed by atoms with Gasteiger partial charge in [-0.1, -0.05) is 58.7 Å². The lowest BCUT2D eigenvalue weighted by atomic mass is 10.1. The van der Waals surface area contributed by atoms with Crippen molar-refractivity contribution in [3.05, 3.63) is 64.1 Å². The molecule has 0 unspecified atom stereocenters. The van der Waals surface area contributed by atoms with Crippen LogP contribution in [0.2, 0.25) is 0 Å². The van der Waals surface area contributed by atoms with E-state index in [0.717, 1.165) is 21.7 Å². The highest BCUT2D eigenvalue weighted by atomic mass is 79.9. The number of amides is 2. The largest absolute Gasteiger partial charge is 0.350 e. The first-order chi connectivity index (χ1) is 15.7. The Labute approximate surface area is 211 Å². The summed E-state index contributed by atoms with van der Waals surface area (Å²) in [6.07, 6.45) is 1.45. The van der Waals surface area contributed by atoms with Gasteiger partial charge in [-0.25, -0.2) is 8.42 Å². The Morgan fingerprint density at radius 2 is 1.71 bits per heavy atom. The highest BCUT2D eigenvalue weighted by molar-refractivity contribution is 9.10. The molecular formula is C25H34BrN3O4S. The summed E-state index contributed by atoms with van der Waals surface area (Å²) in [4.78, 5) is 28.2. The predicted molar refractivity (Wildman–Crippen MR) is 140 cm³/mol. The average molecular weight is 553 g/mol. The number of benzene rings is 2. The summed E-state index contributed by atoms with van der Waals surface area (Å²) < 4.78 is 27.0. The summed E-state index contributed by atoms with van der Waals surface area (Å²) >= 11 is 3.35. The van der Waals surface area contributed by atoms with Crippen molar-refractivity contribution in [1.29, 1.82) is 0 Å². The average Bonchev–Trinajstić information content (AvgIpc) is 2.71. The van der Waals surface area contributed by atoms with Crippen LogP contribution in [0.5, 0.6) is 0 Å². The third kappa shape index (κ3) is 8.13. The van der Waals surface area contributed by atoms with Gasteiger partial charge in [0.05, 0.1) is 11.9 Å². The minimum Gasteiger partial charge on any atom is -0.350 e. The van der Waals surface area contributed by atoms with Crippen LogP contribution in [0, 0.1) is 6.92 Å². The van der Waals surface area contributed by atoms with Gasteiger partial charge in [-0.15, -0.1) is 0 Å². The van der Waals surface area contributed by atoms with Crippen LogP contribution in [0.1, 0.15) is 45.2 Å². The lowest BCUT2D eigenvalue weighted by Gasteiger charge is -2.34.